The first-order valence-corrected chi connectivity index (χ1v) is 10.7. The van der Waals surface area contributed by atoms with Gasteiger partial charge in [-0.15, -0.1) is 11.3 Å². The lowest BCUT2D eigenvalue weighted by molar-refractivity contribution is -0.137. The molecule has 0 spiro atoms. The Labute approximate surface area is 180 Å². The lowest BCUT2D eigenvalue weighted by Gasteiger charge is -2.34. The summed E-state index contributed by atoms with van der Waals surface area (Å²) >= 11 is 1.43. The summed E-state index contributed by atoms with van der Waals surface area (Å²) in [6.07, 6.45) is 1.44. The van der Waals surface area contributed by atoms with E-state index in [1.54, 1.807) is 24.5 Å². The monoisotopic (exact) mass is 445 g/mol. The average Bonchev–Trinajstić information content (AvgIpc) is 3.50. The van der Waals surface area contributed by atoms with Gasteiger partial charge in [-0.25, -0.2) is 9.97 Å². The quantitative estimate of drug-likeness (QED) is 0.647. The van der Waals surface area contributed by atoms with Crippen molar-refractivity contribution in [2.75, 3.05) is 11.9 Å². The molecule has 1 aliphatic carbocycles. The van der Waals surface area contributed by atoms with Crippen LogP contribution in [0.3, 0.4) is 0 Å². The number of hydrogen-bond donors (Lipinski definition) is 1. The fourth-order valence-electron chi connectivity index (χ4n) is 4.49. The number of carbonyl (C=O) groups excluding carboxylic acids is 1. The molecule has 3 aromatic heterocycles. The molecule has 10 heteroatoms. The summed E-state index contributed by atoms with van der Waals surface area (Å²) in [7, 11) is 0. The van der Waals surface area contributed by atoms with E-state index in [1.807, 2.05) is 10.3 Å². The largest absolute Gasteiger partial charge is 0.417 e. The minimum absolute atomic E-state index is 0.0501. The van der Waals surface area contributed by atoms with Gasteiger partial charge in [0.2, 0.25) is 0 Å². The third-order valence-electron chi connectivity index (χ3n) is 5.84. The van der Waals surface area contributed by atoms with Crippen molar-refractivity contribution in [2.24, 2.45) is 5.92 Å². The van der Waals surface area contributed by atoms with E-state index in [9.17, 15) is 18.0 Å². The number of rotatable bonds is 4. The van der Waals surface area contributed by atoms with Gasteiger partial charge in [-0.05, 0) is 43.0 Å². The summed E-state index contributed by atoms with van der Waals surface area (Å²) in [6, 6.07) is 5.74. The number of amides is 1. The Morgan fingerprint density at radius 3 is 2.68 bits per heavy atom. The van der Waals surface area contributed by atoms with E-state index in [1.165, 1.54) is 17.4 Å². The Balaban J connectivity index is 1.35. The van der Waals surface area contributed by atoms with E-state index in [2.05, 4.69) is 20.3 Å². The van der Waals surface area contributed by atoms with Crippen LogP contribution in [0.15, 0.2) is 48.2 Å². The third-order valence-corrected chi connectivity index (χ3v) is 6.62. The van der Waals surface area contributed by atoms with Gasteiger partial charge in [-0.3, -0.25) is 9.78 Å². The van der Waals surface area contributed by atoms with Gasteiger partial charge in [0.1, 0.15) is 16.5 Å². The number of fused-ring (bicyclic) bond motifs is 2. The van der Waals surface area contributed by atoms with Crippen LogP contribution in [0.25, 0.3) is 10.7 Å². The van der Waals surface area contributed by atoms with Crippen LogP contribution in [-0.2, 0) is 6.18 Å². The molecule has 0 aromatic carbocycles. The summed E-state index contributed by atoms with van der Waals surface area (Å²) in [5, 5.41) is 5.76. The van der Waals surface area contributed by atoms with Crippen molar-refractivity contribution >= 4 is 23.1 Å². The number of piperidine rings is 1. The Morgan fingerprint density at radius 2 is 2.00 bits per heavy atom. The molecule has 160 valence electrons. The first kappa shape index (κ1) is 19.9. The molecule has 1 N–H and O–H groups in total. The molecular weight excluding hydrogens is 427 g/mol. The summed E-state index contributed by atoms with van der Waals surface area (Å²) in [5.74, 6) is 0.626. The molecule has 1 aliphatic heterocycles. The minimum atomic E-state index is -4.42. The molecule has 4 heterocycles. The first-order valence-electron chi connectivity index (χ1n) is 9.86. The van der Waals surface area contributed by atoms with E-state index in [0.29, 0.717) is 34.5 Å². The second kappa shape index (κ2) is 7.60. The number of aromatic nitrogens is 3. The number of pyridine rings is 2. The van der Waals surface area contributed by atoms with Gasteiger partial charge in [-0.1, -0.05) is 0 Å². The second-order valence-electron chi connectivity index (χ2n) is 7.78. The van der Waals surface area contributed by atoms with E-state index >= 15 is 0 Å². The van der Waals surface area contributed by atoms with Gasteiger partial charge in [0.05, 0.1) is 17.2 Å². The molecule has 3 aromatic rings. The van der Waals surface area contributed by atoms with Crippen molar-refractivity contribution in [3.8, 4) is 10.7 Å². The number of alkyl halides is 3. The van der Waals surface area contributed by atoms with E-state index in [4.69, 9.17) is 0 Å². The van der Waals surface area contributed by atoms with Gasteiger partial charge in [0.15, 0.2) is 0 Å². The van der Waals surface area contributed by atoms with Crippen LogP contribution in [0.5, 0.6) is 0 Å². The first-order chi connectivity index (χ1) is 14.9. The summed E-state index contributed by atoms with van der Waals surface area (Å²) in [4.78, 5) is 27.8. The standard InChI is InChI=1S/C21H18F3N5OS/c22-21(23,24)13-3-4-17(27-10-13)28-15-8-12-9-16(15)29(11-12)20(30)14-2-1-5-25-18(14)19-26-6-7-31-19/h1-7,10,12,15-16H,8-9,11H2,(H,27,28). The van der Waals surface area contributed by atoms with E-state index in [0.717, 1.165) is 25.1 Å². The molecule has 1 amide bonds. The van der Waals surface area contributed by atoms with Gasteiger partial charge < -0.3 is 10.2 Å². The van der Waals surface area contributed by atoms with E-state index < -0.39 is 11.7 Å². The zero-order valence-corrected chi connectivity index (χ0v) is 17.0. The van der Waals surface area contributed by atoms with Gasteiger partial charge in [-0.2, -0.15) is 13.2 Å². The number of carbonyl (C=O) groups is 1. The average molecular weight is 445 g/mol. The number of anilines is 1. The highest BCUT2D eigenvalue weighted by Gasteiger charge is 2.47. The Kier molecular flexibility index (Phi) is 4.88. The van der Waals surface area contributed by atoms with Gasteiger partial charge in [0, 0.05) is 36.6 Å². The van der Waals surface area contributed by atoms with Crippen molar-refractivity contribution in [1.82, 2.24) is 19.9 Å². The van der Waals surface area contributed by atoms with Crippen molar-refractivity contribution in [2.45, 2.75) is 31.1 Å². The molecule has 2 fully saturated rings. The lowest BCUT2D eigenvalue weighted by Crippen LogP contribution is -2.47. The second-order valence-corrected chi connectivity index (χ2v) is 8.67. The van der Waals surface area contributed by atoms with Crippen molar-refractivity contribution in [3.63, 3.8) is 0 Å². The molecule has 2 aliphatic rings. The summed E-state index contributed by atoms with van der Waals surface area (Å²) in [6.45, 7) is 0.661. The molecule has 3 unspecified atom stereocenters. The number of nitrogens with zero attached hydrogens (tertiary/aromatic N) is 4. The molecule has 0 radical (unpaired) electrons. The maximum Gasteiger partial charge on any atom is 0.417 e. The maximum atomic E-state index is 13.4. The highest BCUT2D eigenvalue weighted by Crippen LogP contribution is 2.40. The molecule has 1 saturated carbocycles. The van der Waals surface area contributed by atoms with Crippen molar-refractivity contribution in [3.05, 3.63) is 59.4 Å². The van der Waals surface area contributed by atoms with Crippen molar-refractivity contribution in [1.29, 1.82) is 0 Å². The molecule has 31 heavy (non-hydrogen) atoms. The number of nitrogens with one attached hydrogen (secondary N) is 1. The van der Waals surface area contributed by atoms with Crippen LogP contribution in [0.2, 0.25) is 0 Å². The van der Waals surface area contributed by atoms with Crippen molar-refractivity contribution < 1.29 is 18.0 Å². The highest BCUT2D eigenvalue weighted by molar-refractivity contribution is 7.13. The molecule has 5 rings (SSSR count). The predicted octanol–water partition coefficient (Wildman–Crippen LogP) is 4.33. The molecular formula is C21H18F3N5OS. The van der Waals surface area contributed by atoms with E-state index in [-0.39, 0.29) is 18.0 Å². The van der Waals surface area contributed by atoms with Crippen LogP contribution < -0.4 is 5.32 Å². The topological polar surface area (TPSA) is 71.0 Å². The zero-order valence-electron chi connectivity index (χ0n) is 16.2. The number of likely N-dealkylation sites (tertiary alicyclic amines) is 1. The van der Waals surface area contributed by atoms with Crippen LogP contribution in [0, 0.1) is 5.92 Å². The summed E-state index contributed by atoms with van der Waals surface area (Å²) in [5.41, 5.74) is 0.296. The highest BCUT2D eigenvalue weighted by atomic mass is 32.1. The molecule has 6 nitrogen and oxygen atoms in total. The van der Waals surface area contributed by atoms with Gasteiger partial charge in [0.25, 0.3) is 5.91 Å². The van der Waals surface area contributed by atoms with Crippen LogP contribution >= 0.6 is 11.3 Å². The molecule has 3 atom stereocenters. The Morgan fingerprint density at radius 1 is 1.13 bits per heavy atom. The lowest BCUT2D eigenvalue weighted by atomic mass is 10.0. The summed E-state index contributed by atoms with van der Waals surface area (Å²) < 4.78 is 38.3. The number of hydrogen-bond acceptors (Lipinski definition) is 6. The SMILES string of the molecule is O=C(c1cccnc1-c1nccs1)N1CC2CC(Nc3ccc(C(F)(F)F)cn3)C1C2. The van der Waals surface area contributed by atoms with Crippen LogP contribution in [0.1, 0.15) is 28.8 Å². The smallest absolute Gasteiger partial charge is 0.365 e. The number of halogens is 3. The van der Waals surface area contributed by atoms with Crippen LogP contribution in [0.4, 0.5) is 19.0 Å². The van der Waals surface area contributed by atoms with Gasteiger partial charge >= 0.3 is 6.18 Å². The molecule has 1 saturated heterocycles. The fraction of sp³-hybridized carbons (Fsp3) is 0.333. The third kappa shape index (κ3) is 3.76. The fourth-order valence-corrected chi connectivity index (χ4v) is 5.14. The molecule has 2 bridgehead atoms. The predicted molar refractivity (Wildman–Crippen MR) is 110 cm³/mol. The maximum absolute atomic E-state index is 13.4. The Hall–Kier alpha value is -3.01. The van der Waals surface area contributed by atoms with Crippen LogP contribution in [-0.4, -0.2) is 44.4 Å². The number of thiazole rings is 1. The Bertz CT molecular complexity index is 1090. The zero-order chi connectivity index (χ0) is 21.6. The minimum Gasteiger partial charge on any atom is -0.365 e. The normalized spacial score (nSPS) is 22.7.